The van der Waals surface area contributed by atoms with Crippen molar-refractivity contribution in [3.63, 3.8) is 0 Å². The van der Waals surface area contributed by atoms with Gasteiger partial charge in [-0.25, -0.2) is 17.9 Å². The highest BCUT2D eigenvalue weighted by Crippen LogP contribution is 2.45. The molecule has 0 saturated carbocycles. The van der Waals surface area contributed by atoms with E-state index in [0.717, 1.165) is 29.5 Å². The fourth-order valence-electron chi connectivity index (χ4n) is 2.96. The third-order valence-corrected chi connectivity index (χ3v) is 6.36. The van der Waals surface area contributed by atoms with Gasteiger partial charge < -0.3 is 4.74 Å². The van der Waals surface area contributed by atoms with E-state index in [2.05, 4.69) is 20.4 Å². The first-order chi connectivity index (χ1) is 16.0. The van der Waals surface area contributed by atoms with Gasteiger partial charge in [-0.2, -0.15) is 23.4 Å². The molecule has 0 amide bonds. The number of hydrogen-bond acceptors (Lipinski definition) is 8. The van der Waals surface area contributed by atoms with E-state index < -0.39 is 38.2 Å². The molecule has 0 spiro atoms. The highest BCUT2D eigenvalue weighted by molar-refractivity contribution is 7.89. The molecule has 0 fully saturated rings. The van der Waals surface area contributed by atoms with Gasteiger partial charge in [0.25, 0.3) is 0 Å². The lowest BCUT2D eigenvalue weighted by atomic mass is 10.0. The van der Waals surface area contributed by atoms with Crippen LogP contribution in [0.1, 0.15) is 5.56 Å². The van der Waals surface area contributed by atoms with E-state index in [1.54, 1.807) is 0 Å². The lowest BCUT2D eigenvalue weighted by Crippen LogP contribution is -2.16. The number of primary sulfonamides is 1. The summed E-state index contributed by atoms with van der Waals surface area (Å²) in [5.74, 6) is -2.29. The van der Waals surface area contributed by atoms with Gasteiger partial charge in [0.1, 0.15) is 11.3 Å². The van der Waals surface area contributed by atoms with Crippen molar-refractivity contribution in [3.05, 3.63) is 64.6 Å². The molecule has 0 atom stereocenters. The third-order valence-electron chi connectivity index (χ3n) is 4.42. The SMILES string of the molecule is NS(=O)(=O)c1c(F)c(-c2nncs2)cc(Cl)c1Oc1ccc(C(F)(F)F)cc1-c1ccnnc1. The van der Waals surface area contributed by atoms with Crippen LogP contribution in [0.25, 0.3) is 21.7 Å². The van der Waals surface area contributed by atoms with Crippen molar-refractivity contribution >= 4 is 33.0 Å². The van der Waals surface area contributed by atoms with E-state index in [0.29, 0.717) is 6.07 Å². The van der Waals surface area contributed by atoms with Crippen molar-refractivity contribution in [1.29, 1.82) is 0 Å². The zero-order valence-corrected chi connectivity index (χ0v) is 18.8. The quantitative estimate of drug-likeness (QED) is 0.363. The summed E-state index contributed by atoms with van der Waals surface area (Å²) >= 11 is 7.14. The molecule has 0 radical (unpaired) electrons. The molecule has 8 nitrogen and oxygen atoms in total. The van der Waals surface area contributed by atoms with Crippen LogP contribution in [0.15, 0.2) is 53.1 Å². The van der Waals surface area contributed by atoms with Gasteiger partial charge in [-0.3, -0.25) is 0 Å². The highest BCUT2D eigenvalue weighted by Gasteiger charge is 2.33. The summed E-state index contributed by atoms with van der Waals surface area (Å²) in [7, 11) is -4.76. The molecule has 0 saturated heterocycles. The summed E-state index contributed by atoms with van der Waals surface area (Å²) in [6.45, 7) is 0. The van der Waals surface area contributed by atoms with Crippen LogP contribution in [0.5, 0.6) is 11.5 Å². The van der Waals surface area contributed by atoms with Crippen molar-refractivity contribution in [2.75, 3.05) is 0 Å². The second kappa shape index (κ2) is 8.87. The summed E-state index contributed by atoms with van der Waals surface area (Å²) in [6, 6.07) is 4.83. The molecule has 0 aliphatic heterocycles. The molecule has 0 aliphatic carbocycles. The summed E-state index contributed by atoms with van der Waals surface area (Å²) in [4.78, 5) is -1.09. The molecule has 15 heteroatoms. The Hall–Kier alpha value is -3.20. The van der Waals surface area contributed by atoms with Crippen LogP contribution in [0.4, 0.5) is 17.6 Å². The molecule has 0 bridgehead atoms. The van der Waals surface area contributed by atoms with Crippen LogP contribution in [-0.2, 0) is 16.2 Å². The summed E-state index contributed by atoms with van der Waals surface area (Å²) in [6.07, 6.45) is -2.28. The third kappa shape index (κ3) is 4.70. The number of sulfonamides is 1. The molecule has 4 rings (SSSR count). The number of nitrogens with two attached hydrogens (primary N) is 1. The Labute approximate surface area is 198 Å². The predicted octanol–water partition coefficient (Wildman–Crippen LogP) is 4.91. The van der Waals surface area contributed by atoms with Gasteiger partial charge >= 0.3 is 6.18 Å². The number of nitrogens with zero attached hydrogens (tertiary/aromatic N) is 4. The van der Waals surface area contributed by atoms with E-state index >= 15 is 4.39 Å². The largest absolute Gasteiger partial charge is 0.454 e. The second-order valence-corrected chi connectivity index (χ2v) is 9.35. The molecular formula is C19H10ClF4N5O3S2. The number of benzene rings is 2. The van der Waals surface area contributed by atoms with Crippen LogP contribution in [0.2, 0.25) is 5.02 Å². The Morgan fingerprint density at radius 1 is 1.06 bits per heavy atom. The lowest BCUT2D eigenvalue weighted by Gasteiger charge is -2.18. The average molecular weight is 532 g/mol. The first kappa shape index (κ1) is 23.9. The predicted molar refractivity (Wildman–Crippen MR) is 114 cm³/mol. The highest BCUT2D eigenvalue weighted by atomic mass is 35.5. The Bertz CT molecular complexity index is 1470. The van der Waals surface area contributed by atoms with Crippen molar-refractivity contribution in [2.24, 2.45) is 5.14 Å². The molecule has 2 aromatic heterocycles. The van der Waals surface area contributed by atoms with Gasteiger partial charge in [0, 0.05) is 11.1 Å². The standard InChI is InChI=1S/C19H10ClF4N5O3S2/c20-13-6-12(18-29-28-8-33-18)15(21)17(34(25,30)31)16(13)32-14-2-1-10(19(22,23)24)5-11(14)9-3-4-26-27-7-9/h1-8H,(H2,25,30,31). The minimum absolute atomic E-state index is 0.0222. The van der Waals surface area contributed by atoms with E-state index in [1.165, 1.54) is 24.0 Å². The van der Waals surface area contributed by atoms with Crippen LogP contribution in [0, 0.1) is 5.82 Å². The van der Waals surface area contributed by atoms with Crippen molar-refractivity contribution in [1.82, 2.24) is 20.4 Å². The Morgan fingerprint density at radius 3 is 2.41 bits per heavy atom. The minimum Gasteiger partial charge on any atom is -0.454 e. The number of rotatable bonds is 5. The molecule has 0 unspecified atom stereocenters. The van der Waals surface area contributed by atoms with Gasteiger partial charge in [0.15, 0.2) is 21.5 Å². The normalized spacial score (nSPS) is 12.1. The van der Waals surface area contributed by atoms with Crippen LogP contribution >= 0.6 is 22.9 Å². The first-order valence-electron chi connectivity index (χ1n) is 8.94. The molecule has 34 heavy (non-hydrogen) atoms. The van der Waals surface area contributed by atoms with E-state index in [1.807, 2.05) is 0 Å². The maximum absolute atomic E-state index is 15.3. The van der Waals surface area contributed by atoms with Crippen LogP contribution in [-0.4, -0.2) is 28.8 Å². The van der Waals surface area contributed by atoms with Gasteiger partial charge in [-0.05, 0) is 30.3 Å². The Balaban J connectivity index is 1.93. The maximum Gasteiger partial charge on any atom is 0.416 e. The Kier molecular flexibility index (Phi) is 6.24. The second-order valence-electron chi connectivity index (χ2n) is 6.61. The van der Waals surface area contributed by atoms with Crippen molar-refractivity contribution in [3.8, 4) is 33.2 Å². The summed E-state index contributed by atoms with van der Waals surface area (Å²) < 4.78 is 85.4. The summed E-state index contributed by atoms with van der Waals surface area (Å²) in [5, 5.41) is 19.3. The van der Waals surface area contributed by atoms with Crippen LogP contribution in [0.3, 0.4) is 0 Å². The topological polar surface area (TPSA) is 121 Å². The first-order valence-corrected chi connectivity index (χ1v) is 11.7. The number of aromatic nitrogens is 4. The Morgan fingerprint density at radius 2 is 1.82 bits per heavy atom. The number of alkyl halides is 3. The molecule has 4 aromatic rings. The van der Waals surface area contributed by atoms with Gasteiger partial charge in [0.05, 0.1) is 28.5 Å². The lowest BCUT2D eigenvalue weighted by molar-refractivity contribution is -0.137. The van der Waals surface area contributed by atoms with E-state index in [9.17, 15) is 21.6 Å². The smallest absolute Gasteiger partial charge is 0.416 e. The van der Waals surface area contributed by atoms with Crippen molar-refractivity contribution in [2.45, 2.75) is 11.1 Å². The number of halogens is 5. The van der Waals surface area contributed by atoms with Gasteiger partial charge in [-0.15, -0.1) is 10.2 Å². The zero-order chi connectivity index (χ0) is 24.7. The molecular weight excluding hydrogens is 522 g/mol. The monoisotopic (exact) mass is 531 g/mol. The molecule has 2 aromatic carbocycles. The molecule has 176 valence electrons. The number of ether oxygens (including phenoxy) is 1. The molecule has 0 aliphatic rings. The van der Waals surface area contributed by atoms with Crippen LogP contribution < -0.4 is 9.88 Å². The fraction of sp³-hybridized carbons (Fsp3) is 0.0526. The fourth-order valence-corrected chi connectivity index (χ4v) is 4.59. The van der Waals surface area contributed by atoms with Gasteiger partial charge in [0.2, 0.25) is 10.0 Å². The molecule has 2 heterocycles. The summed E-state index contributed by atoms with van der Waals surface area (Å²) in [5.41, 5.74) is 0.0168. The molecule has 2 N–H and O–H groups in total. The van der Waals surface area contributed by atoms with E-state index in [-0.39, 0.29) is 32.5 Å². The zero-order valence-electron chi connectivity index (χ0n) is 16.4. The van der Waals surface area contributed by atoms with Crippen molar-refractivity contribution < 1.29 is 30.7 Å². The minimum atomic E-state index is -4.76. The number of hydrogen-bond donors (Lipinski definition) is 1. The van der Waals surface area contributed by atoms with Gasteiger partial charge in [-0.1, -0.05) is 22.9 Å². The maximum atomic E-state index is 15.3. The van der Waals surface area contributed by atoms with E-state index in [4.69, 9.17) is 21.5 Å². The average Bonchev–Trinajstić information content (AvgIpc) is 3.30.